The Bertz CT molecular complexity index is 1580. The number of nitrogens with one attached hydrogen (secondary N) is 1. The Hall–Kier alpha value is -4.64. The smallest absolute Gasteiger partial charge is 0.253 e. The van der Waals surface area contributed by atoms with Gasteiger partial charge in [-0.25, -0.2) is 14.4 Å². The molecule has 0 radical (unpaired) electrons. The van der Waals surface area contributed by atoms with Crippen LogP contribution < -0.4 is 4.74 Å². The van der Waals surface area contributed by atoms with Crippen LogP contribution in [0.15, 0.2) is 65.6 Å². The number of hydrogen-bond acceptors (Lipinski definition) is 8. The summed E-state index contributed by atoms with van der Waals surface area (Å²) in [7, 11) is 1.55. The largest absolute Gasteiger partial charge is 0.488 e. The summed E-state index contributed by atoms with van der Waals surface area (Å²) < 4.78 is 30.5. The molecule has 2 aromatic carbocycles. The number of H-pyrrole nitrogens is 1. The molecule has 6 rings (SSSR count). The van der Waals surface area contributed by atoms with Crippen LogP contribution in [0.2, 0.25) is 0 Å². The second-order valence-electron chi connectivity index (χ2n) is 8.94. The number of hydrogen-bond donors (Lipinski definition) is 1. The summed E-state index contributed by atoms with van der Waals surface area (Å²) in [5, 5.41) is 11.9. The van der Waals surface area contributed by atoms with Gasteiger partial charge in [-0.3, -0.25) is 9.89 Å². The third-order valence-electron chi connectivity index (χ3n) is 6.52. The molecule has 1 amide bonds. The average molecular weight is 515 g/mol. The van der Waals surface area contributed by atoms with Gasteiger partial charge in [0.25, 0.3) is 5.91 Å². The van der Waals surface area contributed by atoms with Crippen LogP contribution in [0.1, 0.15) is 22.0 Å². The van der Waals surface area contributed by atoms with Crippen LogP contribution in [0, 0.1) is 5.82 Å². The van der Waals surface area contributed by atoms with Crippen LogP contribution in [-0.2, 0) is 4.74 Å². The maximum Gasteiger partial charge on any atom is 0.253 e. The predicted octanol–water partition coefficient (Wildman–Crippen LogP) is 4.08. The van der Waals surface area contributed by atoms with Gasteiger partial charge in [0, 0.05) is 61.0 Å². The van der Waals surface area contributed by atoms with E-state index in [0.29, 0.717) is 53.3 Å². The number of halogens is 1. The summed E-state index contributed by atoms with van der Waals surface area (Å²) in [5.74, 6) is 0.187. The molecule has 11 heteroatoms. The number of rotatable bonds is 8. The molecule has 5 aromatic rings. The quantitative estimate of drug-likeness (QED) is 0.308. The van der Waals surface area contributed by atoms with Crippen molar-refractivity contribution in [1.29, 1.82) is 0 Å². The first-order valence-corrected chi connectivity index (χ1v) is 12.0. The van der Waals surface area contributed by atoms with Crippen LogP contribution >= 0.6 is 0 Å². The maximum absolute atomic E-state index is 14.6. The summed E-state index contributed by atoms with van der Waals surface area (Å²) in [6, 6.07) is 13.7. The lowest BCUT2D eigenvalue weighted by Gasteiger charge is -2.38. The molecule has 1 aliphatic rings. The van der Waals surface area contributed by atoms with Crippen LogP contribution in [0.3, 0.4) is 0 Å². The number of amides is 1. The number of aromatic nitrogens is 5. The third-order valence-corrected chi connectivity index (χ3v) is 6.52. The fraction of sp³-hybridized carbons (Fsp3) is 0.222. The molecule has 4 heterocycles. The van der Waals surface area contributed by atoms with Gasteiger partial charge in [0.05, 0.1) is 17.8 Å². The maximum atomic E-state index is 14.6. The zero-order chi connectivity index (χ0) is 26.1. The lowest BCUT2D eigenvalue weighted by Crippen LogP contribution is -2.48. The van der Waals surface area contributed by atoms with Gasteiger partial charge >= 0.3 is 0 Å². The first kappa shape index (κ1) is 23.7. The molecule has 10 nitrogen and oxygen atoms in total. The number of benzene rings is 2. The van der Waals surface area contributed by atoms with Crippen molar-refractivity contribution in [2.75, 3.05) is 33.4 Å². The van der Waals surface area contributed by atoms with E-state index in [9.17, 15) is 9.18 Å². The number of carbonyl (C=O) groups excluding carboxylic acids is 1. The van der Waals surface area contributed by atoms with Crippen molar-refractivity contribution in [2.24, 2.45) is 0 Å². The van der Waals surface area contributed by atoms with Crippen molar-refractivity contribution < 1.29 is 23.2 Å². The van der Waals surface area contributed by atoms with Crippen LogP contribution in [0.5, 0.6) is 5.75 Å². The normalized spacial score (nSPS) is 13.6. The van der Waals surface area contributed by atoms with Gasteiger partial charge in [-0.15, -0.1) is 0 Å². The van der Waals surface area contributed by atoms with Gasteiger partial charge in [0.15, 0.2) is 17.3 Å². The predicted molar refractivity (Wildman–Crippen MR) is 135 cm³/mol. The Morgan fingerprint density at radius 1 is 1.16 bits per heavy atom. The van der Waals surface area contributed by atoms with Crippen molar-refractivity contribution in [2.45, 2.75) is 5.92 Å². The molecule has 0 saturated carbocycles. The van der Waals surface area contributed by atoms with E-state index in [1.165, 1.54) is 12.4 Å². The Morgan fingerprint density at radius 2 is 2.00 bits per heavy atom. The second kappa shape index (κ2) is 10.0. The number of aromatic amines is 1. The monoisotopic (exact) mass is 514 g/mol. The van der Waals surface area contributed by atoms with Crippen LogP contribution in [-0.4, -0.2) is 69.5 Å². The molecular weight excluding hydrogens is 491 g/mol. The number of likely N-dealkylation sites (tertiary alicyclic amines) is 1. The summed E-state index contributed by atoms with van der Waals surface area (Å²) in [4.78, 5) is 22.9. The van der Waals surface area contributed by atoms with Gasteiger partial charge in [-0.1, -0.05) is 17.3 Å². The van der Waals surface area contributed by atoms with Gasteiger partial charge in [-0.05, 0) is 24.3 Å². The van der Waals surface area contributed by atoms with Crippen molar-refractivity contribution in [1.82, 2.24) is 30.2 Å². The Labute approximate surface area is 216 Å². The molecule has 0 unspecified atom stereocenters. The van der Waals surface area contributed by atoms with Crippen LogP contribution in [0.4, 0.5) is 4.39 Å². The Morgan fingerprint density at radius 3 is 2.76 bits per heavy atom. The van der Waals surface area contributed by atoms with Crippen molar-refractivity contribution in [3.05, 3.63) is 78.1 Å². The van der Waals surface area contributed by atoms with Gasteiger partial charge in [-0.2, -0.15) is 5.10 Å². The van der Waals surface area contributed by atoms with E-state index in [0.717, 1.165) is 11.3 Å². The average Bonchev–Trinajstić information content (AvgIpc) is 3.56. The highest BCUT2D eigenvalue weighted by Crippen LogP contribution is 2.33. The van der Waals surface area contributed by atoms with E-state index in [1.54, 1.807) is 42.5 Å². The van der Waals surface area contributed by atoms with Crippen LogP contribution in [0.25, 0.3) is 33.6 Å². The first-order chi connectivity index (χ1) is 18.6. The standard InChI is InChI=1S/C27H23FN6O4/c1-36-8-9-37-24-12-23-19(10-20(24)28)26(32-31-23)25-11-22(33-38-25)16-2-4-17(5-3-16)27(35)34-13-18(14-34)21-6-7-29-15-30-21/h2-7,10-12,15,18H,8-9,13-14H2,1H3,(H,31,32). The minimum absolute atomic E-state index is 0.0294. The number of fused-ring (bicyclic) bond motifs is 1. The molecule has 1 fully saturated rings. The fourth-order valence-corrected chi connectivity index (χ4v) is 4.41. The zero-order valence-electron chi connectivity index (χ0n) is 20.4. The minimum atomic E-state index is -0.512. The molecule has 38 heavy (non-hydrogen) atoms. The molecule has 192 valence electrons. The molecule has 0 spiro atoms. The molecule has 1 aliphatic heterocycles. The minimum Gasteiger partial charge on any atom is -0.488 e. The molecule has 1 N–H and O–H groups in total. The Balaban J connectivity index is 1.15. The highest BCUT2D eigenvalue weighted by atomic mass is 19.1. The fourth-order valence-electron chi connectivity index (χ4n) is 4.41. The summed E-state index contributed by atoms with van der Waals surface area (Å²) in [6.07, 6.45) is 3.24. The van der Waals surface area contributed by atoms with E-state index in [2.05, 4.69) is 25.3 Å². The number of carbonyl (C=O) groups is 1. The molecule has 3 aromatic heterocycles. The lowest BCUT2D eigenvalue weighted by molar-refractivity contribution is 0.0598. The number of ether oxygens (including phenoxy) is 2. The van der Waals surface area contributed by atoms with E-state index in [1.807, 2.05) is 18.2 Å². The summed E-state index contributed by atoms with van der Waals surface area (Å²) >= 11 is 0. The molecular formula is C27H23FN6O4. The topological polar surface area (TPSA) is 119 Å². The van der Waals surface area contributed by atoms with E-state index in [4.69, 9.17) is 14.0 Å². The van der Waals surface area contributed by atoms with E-state index in [-0.39, 0.29) is 24.2 Å². The van der Waals surface area contributed by atoms with Crippen molar-refractivity contribution in [3.8, 4) is 28.5 Å². The van der Waals surface area contributed by atoms with E-state index >= 15 is 0 Å². The third kappa shape index (κ3) is 4.48. The van der Waals surface area contributed by atoms with Gasteiger partial charge in [0.1, 0.15) is 24.3 Å². The highest BCUT2D eigenvalue weighted by molar-refractivity contribution is 5.95. The number of nitrogens with zero attached hydrogens (tertiary/aromatic N) is 5. The summed E-state index contributed by atoms with van der Waals surface area (Å²) in [6.45, 7) is 1.84. The first-order valence-electron chi connectivity index (χ1n) is 12.0. The number of methoxy groups -OCH3 is 1. The van der Waals surface area contributed by atoms with Gasteiger partial charge < -0.3 is 18.9 Å². The molecule has 0 atom stereocenters. The lowest BCUT2D eigenvalue weighted by atomic mass is 9.95. The van der Waals surface area contributed by atoms with Crippen molar-refractivity contribution in [3.63, 3.8) is 0 Å². The Kier molecular flexibility index (Phi) is 6.26. The second-order valence-corrected chi connectivity index (χ2v) is 8.94. The zero-order valence-corrected chi connectivity index (χ0v) is 20.4. The highest BCUT2D eigenvalue weighted by Gasteiger charge is 2.33. The summed E-state index contributed by atoms with van der Waals surface area (Å²) in [5.41, 5.74) is 3.92. The SMILES string of the molecule is COCCOc1cc2[nH]nc(-c3cc(-c4ccc(C(=O)N5CC(c6ccncn6)C5)cc4)no3)c2cc1F. The van der Waals surface area contributed by atoms with Gasteiger partial charge in [0.2, 0.25) is 0 Å². The molecule has 0 aliphatic carbocycles. The van der Waals surface area contributed by atoms with Crippen molar-refractivity contribution >= 4 is 16.8 Å². The molecule has 0 bridgehead atoms. The molecule has 1 saturated heterocycles. The van der Waals surface area contributed by atoms with E-state index < -0.39 is 5.82 Å².